The van der Waals surface area contributed by atoms with E-state index in [1.54, 1.807) is 14.0 Å². The number of methoxy groups -OCH3 is 1. The summed E-state index contributed by atoms with van der Waals surface area (Å²) in [6.45, 7) is 5.08. The van der Waals surface area contributed by atoms with Crippen LogP contribution < -0.4 is 5.32 Å². The first-order valence-electron chi connectivity index (χ1n) is 7.16. The van der Waals surface area contributed by atoms with Crippen molar-refractivity contribution < 1.29 is 19.0 Å². The maximum absolute atomic E-state index is 11.3. The van der Waals surface area contributed by atoms with Crippen molar-refractivity contribution in [1.82, 2.24) is 4.98 Å². The van der Waals surface area contributed by atoms with Crippen LogP contribution in [0.25, 0.3) is 0 Å². The van der Waals surface area contributed by atoms with Crippen LogP contribution in [0, 0.1) is 0 Å². The van der Waals surface area contributed by atoms with Crippen molar-refractivity contribution in [3.05, 3.63) is 11.1 Å². The minimum Gasteiger partial charge on any atom is -0.466 e. The number of carbonyl (C=O) groups is 1. The van der Waals surface area contributed by atoms with Gasteiger partial charge in [0.1, 0.15) is 0 Å². The van der Waals surface area contributed by atoms with Crippen LogP contribution in [-0.4, -0.2) is 51.0 Å². The fraction of sp³-hybridized carbons (Fsp3) is 0.714. The largest absolute Gasteiger partial charge is 0.466 e. The molecule has 0 aliphatic carbocycles. The fourth-order valence-electron chi connectivity index (χ4n) is 1.60. The third-order valence-electron chi connectivity index (χ3n) is 2.61. The maximum atomic E-state index is 11.3. The Kier molecular flexibility index (Phi) is 9.77. The van der Waals surface area contributed by atoms with E-state index in [4.69, 9.17) is 14.2 Å². The highest BCUT2D eigenvalue weighted by Gasteiger charge is 2.07. The number of aromatic nitrogens is 1. The van der Waals surface area contributed by atoms with Crippen molar-refractivity contribution in [2.45, 2.75) is 26.2 Å². The van der Waals surface area contributed by atoms with Crippen LogP contribution in [0.15, 0.2) is 5.38 Å². The zero-order valence-electron chi connectivity index (χ0n) is 12.7. The quantitative estimate of drug-likeness (QED) is 0.470. The van der Waals surface area contributed by atoms with Crippen molar-refractivity contribution in [2.75, 3.05) is 45.4 Å². The molecule has 0 spiro atoms. The lowest BCUT2D eigenvalue weighted by Crippen LogP contribution is -2.08. The van der Waals surface area contributed by atoms with E-state index in [9.17, 15) is 4.79 Å². The second-order valence-electron chi connectivity index (χ2n) is 4.36. The fourth-order valence-corrected chi connectivity index (χ4v) is 2.34. The Morgan fingerprint density at radius 2 is 2.19 bits per heavy atom. The summed E-state index contributed by atoms with van der Waals surface area (Å²) in [6, 6.07) is 0. The predicted molar refractivity (Wildman–Crippen MR) is 82.9 cm³/mol. The average molecular weight is 316 g/mol. The number of thiazole rings is 1. The molecule has 21 heavy (non-hydrogen) atoms. The monoisotopic (exact) mass is 316 g/mol. The summed E-state index contributed by atoms with van der Waals surface area (Å²) in [7, 11) is 1.66. The Bertz CT molecular complexity index is 398. The summed E-state index contributed by atoms with van der Waals surface area (Å²) in [5.74, 6) is -0.234. The molecule has 6 nitrogen and oxygen atoms in total. The number of esters is 1. The van der Waals surface area contributed by atoms with Gasteiger partial charge in [-0.2, -0.15) is 0 Å². The van der Waals surface area contributed by atoms with Crippen LogP contribution in [0.4, 0.5) is 5.13 Å². The minimum atomic E-state index is -0.234. The number of unbranched alkanes of at least 4 members (excludes halogenated alkanes) is 1. The first-order valence-corrected chi connectivity index (χ1v) is 8.04. The van der Waals surface area contributed by atoms with Crippen molar-refractivity contribution in [2.24, 2.45) is 0 Å². The van der Waals surface area contributed by atoms with E-state index >= 15 is 0 Å². The number of carbonyl (C=O) groups excluding carboxylic acids is 1. The van der Waals surface area contributed by atoms with Gasteiger partial charge in [0.15, 0.2) is 5.13 Å². The van der Waals surface area contributed by atoms with Crippen LogP contribution in [0.3, 0.4) is 0 Å². The molecule has 0 amide bonds. The van der Waals surface area contributed by atoms with E-state index in [1.807, 2.05) is 5.38 Å². The van der Waals surface area contributed by atoms with Gasteiger partial charge in [0.25, 0.3) is 0 Å². The Morgan fingerprint density at radius 3 is 2.95 bits per heavy atom. The zero-order chi connectivity index (χ0) is 15.3. The van der Waals surface area contributed by atoms with Gasteiger partial charge in [0.05, 0.1) is 31.9 Å². The van der Waals surface area contributed by atoms with Crippen LogP contribution in [0.5, 0.6) is 0 Å². The van der Waals surface area contributed by atoms with E-state index in [-0.39, 0.29) is 12.4 Å². The van der Waals surface area contributed by atoms with Gasteiger partial charge in [-0.25, -0.2) is 4.98 Å². The molecule has 1 aromatic heterocycles. The number of nitrogens with zero attached hydrogens (tertiary/aromatic N) is 1. The van der Waals surface area contributed by atoms with Gasteiger partial charge >= 0.3 is 5.97 Å². The first-order chi connectivity index (χ1) is 10.3. The highest BCUT2D eigenvalue weighted by Crippen LogP contribution is 2.16. The van der Waals surface area contributed by atoms with Gasteiger partial charge in [0.2, 0.25) is 0 Å². The van der Waals surface area contributed by atoms with Gasteiger partial charge in [0, 0.05) is 25.6 Å². The average Bonchev–Trinajstić information content (AvgIpc) is 2.89. The summed E-state index contributed by atoms with van der Waals surface area (Å²) in [5.41, 5.74) is 0.754. The second-order valence-corrected chi connectivity index (χ2v) is 5.22. The molecule has 1 rings (SSSR count). The smallest absolute Gasteiger partial charge is 0.311 e. The van der Waals surface area contributed by atoms with Crippen molar-refractivity contribution in [3.8, 4) is 0 Å². The molecule has 120 valence electrons. The van der Waals surface area contributed by atoms with Gasteiger partial charge in [-0.05, 0) is 19.8 Å². The molecule has 0 atom stereocenters. The third-order valence-corrected chi connectivity index (χ3v) is 3.45. The molecule has 1 N–H and O–H groups in total. The molecule has 0 fully saturated rings. The molecular weight excluding hydrogens is 292 g/mol. The Balaban J connectivity index is 2.07. The van der Waals surface area contributed by atoms with E-state index in [1.165, 1.54) is 11.3 Å². The summed E-state index contributed by atoms with van der Waals surface area (Å²) >= 11 is 1.51. The molecule has 0 saturated carbocycles. The molecule has 7 heteroatoms. The van der Waals surface area contributed by atoms with Crippen molar-refractivity contribution in [1.29, 1.82) is 0 Å². The summed E-state index contributed by atoms with van der Waals surface area (Å²) < 4.78 is 15.2. The molecular formula is C14H24N2O4S. The molecule has 0 aromatic carbocycles. The highest BCUT2D eigenvalue weighted by atomic mass is 32.1. The summed E-state index contributed by atoms with van der Waals surface area (Å²) in [5, 5.41) is 5.97. The minimum absolute atomic E-state index is 0.234. The van der Waals surface area contributed by atoms with E-state index in [0.29, 0.717) is 19.8 Å². The normalized spacial score (nSPS) is 10.6. The summed E-state index contributed by atoms with van der Waals surface area (Å²) in [4.78, 5) is 15.7. The molecule has 1 aromatic rings. The van der Waals surface area contributed by atoms with Crippen LogP contribution in [0.1, 0.15) is 25.5 Å². The van der Waals surface area contributed by atoms with E-state index in [2.05, 4.69) is 10.3 Å². The number of hydrogen-bond acceptors (Lipinski definition) is 7. The van der Waals surface area contributed by atoms with Gasteiger partial charge in [-0.1, -0.05) is 0 Å². The molecule has 0 unspecified atom stereocenters. The number of nitrogens with one attached hydrogen (secondary N) is 1. The first kappa shape index (κ1) is 17.9. The predicted octanol–water partition coefficient (Wildman–Crippen LogP) is 2.10. The molecule has 0 saturated heterocycles. The molecule has 0 aliphatic heterocycles. The van der Waals surface area contributed by atoms with Crippen LogP contribution in [0.2, 0.25) is 0 Å². The lowest BCUT2D eigenvalue weighted by atomic mass is 10.3. The molecule has 0 radical (unpaired) electrons. The lowest BCUT2D eigenvalue weighted by Gasteiger charge is -2.04. The molecule has 0 aliphatic rings. The van der Waals surface area contributed by atoms with Crippen LogP contribution in [-0.2, 0) is 25.4 Å². The van der Waals surface area contributed by atoms with E-state index in [0.717, 1.165) is 36.8 Å². The Hall–Kier alpha value is -1.18. The topological polar surface area (TPSA) is 69.7 Å². The van der Waals surface area contributed by atoms with Gasteiger partial charge < -0.3 is 19.5 Å². The van der Waals surface area contributed by atoms with Gasteiger partial charge in [-0.15, -0.1) is 11.3 Å². The van der Waals surface area contributed by atoms with Crippen molar-refractivity contribution in [3.63, 3.8) is 0 Å². The Labute approximate surface area is 129 Å². The van der Waals surface area contributed by atoms with Crippen LogP contribution >= 0.6 is 11.3 Å². The standard InChI is InChI=1S/C14H24N2O4S/c1-3-20-13(17)10-12-11-21-14(16-12)15-6-4-5-7-19-9-8-18-2/h11H,3-10H2,1-2H3,(H,15,16). The molecule has 1 heterocycles. The number of hydrogen-bond donors (Lipinski definition) is 1. The number of anilines is 1. The second kappa shape index (κ2) is 11.5. The third kappa shape index (κ3) is 8.64. The summed E-state index contributed by atoms with van der Waals surface area (Å²) in [6.07, 6.45) is 2.25. The van der Waals surface area contributed by atoms with Gasteiger partial charge in [-0.3, -0.25) is 4.79 Å². The maximum Gasteiger partial charge on any atom is 0.311 e. The highest BCUT2D eigenvalue weighted by molar-refractivity contribution is 7.13. The SMILES string of the molecule is CCOC(=O)Cc1csc(NCCCCOCCOC)n1. The Morgan fingerprint density at radius 1 is 1.33 bits per heavy atom. The van der Waals surface area contributed by atoms with Crippen molar-refractivity contribution >= 4 is 22.4 Å². The zero-order valence-corrected chi connectivity index (χ0v) is 13.5. The molecule has 0 bridgehead atoms. The lowest BCUT2D eigenvalue weighted by molar-refractivity contribution is -0.142. The number of rotatable bonds is 12. The number of ether oxygens (including phenoxy) is 3. The van der Waals surface area contributed by atoms with E-state index < -0.39 is 0 Å².